The van der Waals surface area contributed by atoms with Crippen LogP contribution in [0.5, 0.6) is 5.75 Å². The number of methoxy groups -OCH3 is 1. The fourth-order valence-electron chi connectivity index (χ4n) is 3.47. The van der Waals surface area contributed by atoms with E-state index in [2.05, 4.69) is 23.8 Å². The van der Waals surface area contributed by atoms with E-state index in [4.69, 9.17) is 9.47 Å². The Bertz CT molecular complexity index is 1350. The SMILES string of the molecule is CC[C@H](C)COc1ccc(/N=c2\[nH]c(=O)n(C[C@H](C)C(=O)OC)c(=O)n2Cc2ccc(C)cc2)cc1. The maximum Gasteiger partial charge on any atom is 0.335 e. The second kappa shape index (κ2) is 12.2. The van der Waals surface area contributed by atoms with Gasteiger partial charge < -0.3 is 9.47 Å². The number of esters is 1. The topological polar surface area (TPSA) is 108 Å². The summed E-state index contributed by atoms with van der Waals surface area (Å²) in [6, 6.07) is 14.9. The minimum Gasteiger partial charge on any atom is -0.493 e. The smallest absolute Gasteiger partial charge is 0.335 e. The van der Waals surface area contributed by atoms with Gasteiger partial charge in [0.1, 0.15) is 5.75 Å². The number of nitrogens with zero attached hydrogens (tertiary/aromatic N) is 3. The molecule has 0 aliphatic rings. The Hall–Kier alpha value is -3.88. The third-order valence-corrected chi connectivity index (χ3v) is 6.01. The van der Waals surface area contributed by atoms with Crippen LogP contribution in [0.3, 0.4) is 0 Å². The zero-order valence-electron chi connectivity index (χ0n) is 21.5. The highest BCUT2D eigenvalue weighted by Gasteiger charge is 2.18. The number of ether oxygens (including phenoxy) is 2. The molecule has 9 heteroatoms. The van der Waals surface area contributed by atoms with Crippen molar-refractivity contribution in [1.29, 1.82) is 0 Å². The van der Waals surface area contributed by atoms with Gasteiger partial charge in [-0.05, 0) is 42.7 Å². The van der Waals surface area contributed by atoms with Crippen molar-refractivity contribution in [3.05, 3.63) is 86.2 Å². The predicted octanol–water partition coefficient (Wildman–Crippen LogP) is 3.16. The predicted molar refractivity (Wildman–Crippen MR) is 137 cm³/mol. The third kappa shape index (κ3) is 6.84. The first-order chi connectivity index (χ1) is 17.2. The van der Waals surface area contributed by atoms with Gasteiger partial charge in [-0.25, -0.2) is 19.1 Å². The molecule has 3 rings (SSSR count). The molecule has 1 N–H and O–H groups in total. The standard InChI is InChI=1S/C27H34N4O5/c1-6-18(2)17-36-23-13-11-22(12-14-23)28-25-29-26(33)31(15-20(4)24(32)35-5)27(34)30(25)16-21-9-7-19(3)8-10-21/h7-14,18,20H,6,15-17H2,1-5H3,(H,28,29,33)/t18-,20-/m0/s1. The Labute approximate surface area is 210 Å². The Morgan fingerprint density at radius 1 is 1.03 bits per heavy atom. The van der Waals surface area contributed by atoms with Crippen LogP contribution in [0.4, 0.5) is 5.69 Å². The molecular formula is C27H34N4O5. The van der Waals surface area contributed by atoms with E-state index >= 15 is 0 Å². The minimum atomic E-state index is -0.674. The number of aryl methyl sites for hydroxylation is 1. The van der Waals surface area contributed by atoms with Gasteiger partial charge in [0.05, 0.1) is 31.9 Å². The number of carbonyl (C=O) groups excluding carboxylic acids is 1. The molecular weight excluding hydrogens is 460 g/mol. The quantitative estimate of drug-likeness (QED) is 0.436. The number of nitrogens with one attached hydrogen (secondary N) is 1. The number of carbonyl (C=O) groups is 1. The number of aromatic amines is 1. The van der Waals surface area contributed by atoms with E-state index in [1.807, 2.05) is 43.3 Å². The second-order valence-electron chi connectivity index (χ2n) is 9.07. The highest BCUT2D eigenvalue weighted by atomic mass is 16.5. The lowest BCUT2D eigenvalue weighted by Crippen LogP contribution is -2.51. The molecule has 2 aromatic carbocycles. The van der Waals surface area contributed by atoms with Gasteiger partial charge in [0.25, 0.3) is 0 Å². The van der Waals surface area contributed by atoms with Crippen LogP contribution in [0.25, 0.3) is 0 Å². The van der Waals surface area contributed by atoms with E-state index in [-0.39, 0.29) is 18.7 Å². The number of benzene rings is 2. The minimum absolute atomic E-state index is 0.112. The first-order valence-electron chi connectivity index (χ1n) is 12.1. The first kappa shape index (κ1) is 26.7. The normalized spacial score (nSPS) is 13.3. The summed E-state index contributed by atoms with van der Waals surface area (Å²) in [5.41, 5.74) is 1.41. The number of H-pyrrole nitrogens is 1. The molecule has 3 aromatic rings. The highest BCUT2D eigenvalue weighted by molar-refractivity contribution is 5.71. The summed E-state index contributed by atoms with van der Waals surface area (Å²) in [5.74, 6) is -0.000717. The lowest BCUT2D eigenvalue weighted by molar-refractivity contribution is -0.145. The lowest BCUT2D eigenvalue weighted by atomic mass is 10.1. The molecule has 36 heavy (non-hydrogen) atoms. The van der Waals surface area contributed by atoms with Gasteiger partial charge >= 0.3 is 17.3 Å². The van der Waals surface area contributed by atoms with Crippen LogP contribution in [0.2, 0.25) is 0 Å². The molecule has 0 aliphatic carbocycles. The lowest BCUT2D eigenvalue weighted by Gasteiger charge is -2.14. The Balaban J connectivity index is 2.04. The van der Waals surface area contributed by atoms with Gasteiger partial charge in [0.2, 0.25) is 5.62 Å². The molecule has 9 nitrogen and oxygen atoms in total. The van der Waals surface area contributed by atoms with Crippen molar-refractivity contribution in [2.75, 3.05) is 13.7 Å². The van der Waals surface area contributed by atoms with Crippen LogP contribution in [-0.2, 0) is 22.6 Å². The molecule has 0 unspecified atom stereocenters. The fourth-order valence-corrected chi connectivity index (χ4v) is 3.47. The number of aromatic nitrogens is 3. The van der Waals surface area contributed by atoms with Crippen molar-refractivity contribution in [2.24, 2.45) is 16.8 Å². The highest BCUT2D eigenvalue weighted by Crippen LogP contribution is 2.18. The number of hydrogen-bond donors (Lipinski definition) is 1. The van der Waals surface area contributed by atoms with Crippen molar-refractivity contribution in [1.82, 2.24) is 14.1 Å². The summed E-state index contributed by atoms with van der Waals surface area (Å²) in [7, 11) is 1.27. The van der Waals surface area contributed by atoms with Crippen LogP contribution in [-0.4, -0.2) is 33.8 Å². The summed E-state index contributed by atoms with van der Waals surface area (Å²) in [6.45, 7) is 8.53. The number of hydrogen-bond acceptors (Lipinski definition) is 6. The van der Waals surface area contributed by atoms with E-state index in [0.717, 1.165) is 27.9 Å². The molecule has 192 valence electrons. The summed E-state index contributed by atoms with van der Waals surface area (Å²) >= 11 is 0. The summed E-state index contributed by atoms with van der Waals surface area (Å²) < 4.78 is 12.9. The summed E-state index contributed by atoms with van der Waals surface area (Å²) in [6.07, 6.45) is 1.03. The van der Waals surface area contributed by atoms with Crippen molar-refractivity contribution in [3.63, 3.8) is 0 Å². The fraction of sp³-hybridized carbons (Fsp3) is 0.407. The van der Waals surface area contributed by atoms with Crippen LogP contribution >= 0.6 is 0 Å². The summed E-state index contributed by atoms with van der Waals surface area (Å²) in [5, 5.41) is 0. The zero-order chi connectivity index (χ0) is 26.2. The Morgan fingerprint density at radius 3 is 2.31 bits per heavy atom. The van der Waals surface area contributed by atoms with E-state index in [9.17, 15) is 14.4 Å². The van der Waals surface area contributed by atoms with E-state index < -0.39 is 23.3 Å². The van der Waals surface area contributed by atoms with Gasteiger partial charge in [0.15, 0.2) is 0 Å². The summed E-state index contributed by atoms with van der Waals surface area (Å²) in [4.78, 5) is 45.4. The van der Waals surface area contributed by atoms with Crippen molar-refractivity contribution in [3.8, 4) is 5.75 Å². The van der Waals surface area contributed by atoms with E-state index in [1.165, 1.54) is 11.7 Å². The first-order valence-corrected chi connectivity index (χ1v) is 12.1. The van der Waals surface area contributed by atoms with Crippen LogP contribution in [0.15, 0.2) is 63.1 Å². The van der Waals surface area contributed by atoms with Crippen molar-refractivity contribution < 1.29 is 14.3 Å². The Kier molecular flexibility index (Phi) is 9.05. The molecule has 0 aliphatic heterocycles. The maximum atomic E-state index is 13.4. The zero-order valence-corrected chi connectivity index (χ0v) is 21.5. The molecule has 2 atom stereocenters. The second-order valence-corrected chi connectivity index (χ2v) is 9.07. The molecule has 1 aromatic heterocycles. The molecule has 0 bridgehead atoms. The molecule has 0 spiro atoms. The van der Waals surface area contributed by atoms with Gasteiger partial charge in [-0.2, -0.15) is 0 Å². The van der Waals surface area contributed by atoms with Gasteiger partial charge in [-0.3, -0.25) is 14.3 Å². The molecule has 0 amide bonds. The Morgan fingerprint density at radius 2 is 1.69 bits per heavy atom. The number of rotatable bonds is 10. The average molecular weight is 495 g/mol. The maximum absolute atomic E-state index is 13.4. The largest absolute Gasteiger partial charge is 0.493 e. The van der Waals surface area contributed by atoms with E-state index in [1.54, 1.807) is 19.1 Å². The molecule has 0 saturated heterocycles. The van der Waals surface area contributed by atoms with Gasteiger partial charge in [0, 0.05) is 6.54 Å². The van der Waals surface area contributed by atoms with Crippen molar-refractivity contribution >= 4 is 11.7 Å². The van der Waals surface area contributed by atoms with Crippen LogP contribution in [0, 0.1) is 18.8 Å². The third-order valence-electron chi connectivity index (χ3n) is 6.01. The van der Waals surface area contributed by atoms with Crippen LogP contribution < -0.4 is 21.7 Å². The molecule has 0 saturated carbocycles. The average Bonchev–Trinajstić information content (AvgIpc) is 2.88. The van der Waals surface area contributed by atoms with Gasteiger partial charge in [-0.1, -0.05) is 57.0 Å². The molecule has 1 heterocycles. The van der Waals surface area contributed by atoms with E-state index in [0.29, 0.717) is 18.2 Å². The van der Waals surface area contributed by atoms with Crippen LogP contribution in [0.1, 0.15) is 38.3 Å². The van der Waals surface area contributed by atoms with Gasteiger partial charge in [-0.15, -0.1) is 0 Å². The molecule has 0 radical (unpaired) electrons. The van der Waals surface area contributed by atoms with Crippen molar-refractivity contribution in [2.45, 2.75) is 47.2 Å². The monoisotopic (exact) mass is 494 g/mol. The molecule has 0 fully saturated rings.